The van der Waals surface area contributed by atoms with Crippen molar-refractivity contribution >= 4 is 0 Å². The van der Waals surface area contributed by atoms with Crippen LogP contribution in [0.25, 0.3) is 0 Å². The molecule has 3 heteroatoms. The Kier molecular flexibility index (Phi) is 5.12. The van der Waals surface area contributed by atoms with Gasteiger partial charge in [-0.1, -0.05) is 19.9 Å². The normalized spacial score (nSPS) is 10.7. The maximum atomic E-state index is 5.65. The van der Waals surface area contributed by atoms with Gasteiger partial charge >= 0.3 is 0 Å². The summed E-state index contributed by atoms with van der Waals surface area (Å²) in [5.74, 6) is 1.42. The molecule has 84 valence electrons. The molecule has 0 aliphatic heterocycles. The van der Waals surface area contributed by atoms with E-state index in [1.807, 2.05) is 19.2 Å². The average molecular weight is 208 g/mol. The summed E-state index contributed by atoms with van der Waals surface area (Å²) >= 11 is 0. The number of rotatable bonds is 6. The number of ether oxygens (including phenoxy) is 1. The van der Waals surface area contributed by atoms with Gasteiger partial charge in [0.1, 0.15) is 0 Å². The first-order valence-corrected chi connectivity index (χ1v) is 5.45. The molecule has 0 spiro atoms. The fourth-order valence-electron chi connectivity index (χ4n) is 1.27. The van der Waals surface area contributed by atoms with Crippen molar-refractivity contribution in [2.45, 2.75) is 26.8 Å². The van der Waals surface area contributed by atoms with E-state index in [0.29, 0.717) is 5.92 Å². The molecular formula is C12H20N2O. The summed E-state index contributed by atoms with van der Waals surface area (Å²) in [5, 5.41) is 3.10. The minimum atomic E-state index is 0.668. The monoisotopic (exact) mass is 208 g/mol. The smallest absolute Gasteiger partial charge is 0.217 e. The predicted octanol–water partition coefficient (Wildman–Crippen LogP) is 2.23. The van der Waals surface area contributed by atoms with E-state index in [9.17, 15) is 0 Å². The van der Waals surface area contributed by atoms with Crippen LogP contribution in [-0.4, -0.2) is 18.6 Å². The fourth-order valence-corrected chi connectivity index (χ4v) is 1.27. The van der Waals surface area contributed by atoms with Crippen molar-refractivity contribution in [1.29, 1.82) is 0 Å². The van der Waals surface area contributed by atoms with Crippen molar-refractivity contribution in [3.8, 4) is 5.88 Å². The maximum Gasteiger partial charge on any atom is 0.217 e. The van der Waals surface area contributed by atoms with E-state index in [2.05, 4.69) is 24.1 Å². The summed E-state index contributed by atoms with van der Waals surface area (Å²) in [7, 11) is 1.92. The third-order valence-corrected chi connectivity index (χ3v) is 2.15. The maximum absolute atomic E-state index is 5.65. The highest BCUT2D eigenvalue weighted by Crippen LogP contribution is 2.14. The van der Waals surface area contributed by atoms with Crippen LogP contribution >= 0.6 is 0 Å². The van der Waals surface area contributed by atoms with Gasteiger partial charge in [0.25, 0.3) is 0 Å². The third-order valence-electron chi connectivity index (χ3n) is 2.15. The summed E-state index contributed by atoms with van der Waals surface area (Å²) in [5.41, 5.74) is 1.11. The Labute approximate surface area is 91.9 Å². The molecule has 0 fully saturated rings. The zero-order valence-corrected chi connectivity index (χ0v) is 9.79. The molecule has 0 aliphatic carbocycles. The van der Waals surface area contributed by atoms with Gasteiger partial charge in [-0.2, -0.15) is 0 Å². The molecule has 1 aromatic heterocycles. The Morgan fingerprint density at radius 1 is 1.47 bits per heavy atom. The lowest BCUT2D eigenvalue weighted by Gasteiger charge is -2.10. The van der Waals surface area contributed by atoms with E-state index in [1.165, 1.54) is 0 Å². The SMILES string of the molecule is CNCc1cccnc1OCCC(C)C. The van der Waals surface area contributed by atoms with Gasteiger partial charge in [0, 0.05) is 18.3 Å². The molecule has 0 bridgehead atoms. The van der Waals surface area contributed by atoms with Crippen LogP contribution in [-0.2, 0) is 6.54 Å². The number of aromatic nitrogens is 1. The summed E-state index contributed by atoms with van der Waals surface area (Å²) in [6, 6.07) is 3.97. The number of pyridine rings is 1. The highest BCUT2D eigenvalue weighted by atomic mass is 16.5. The van der Waals surface area contributed by atoms with Crippen LogP contribution in [0, 0.1) is 5.92 Å². The van der Waals surface area contributed by atoms with Crippen LogP contribution in [0.3, 0.4) is 0 Å². The summed E-state index contributed by atoms with van der Waals surface area (Å²) in [4.78, 5) is 4.23. The van der Waals surface area contributed by atoms with Crippen LogP contribution in [0.2, 0.25) is 0 Å². The molecule has 0 aromatic carbocycles. The molecule has 0 unspecified atom stereocenters. The van der Waals surface area contributed by atoms with Crippen LogP contribution in [0.15, 0.2) is 18.3 Å². The topological polar surface area (TPSA) is 34.2 Å². The fraction of sp³-hybridized carbons (Fsp3) is 0.583. The van der Waals surface area contributed by atoms with E-state index in [1.54, 1.807) is 6.20 Å². The van der Waals surface area contributed by atoms with E-state index in [-0.39, 0.29) is 0 Å². The quantitative estimate of drug-likeness (QED) is 0.778. The molecule has 3 nitrogen and oxygen atoms in total. The molecule has 1 aromatic rings. The van der Waals surface area contributed by atoms with E-state index in [0.717, 1.165) is 31.0 Å². The van der Waals surface area contributed by atoms with Crippen LogP contribution < -0.4 is 10.1 Å². The standard InChI is InChI=1S/C12H20N2O/c1-10(2)6-8-15-12-11(9-13-3)5-4-7-14-12/h4-5,7,10,13H,6,8-9H2,1-3H3. The zero-order valence-electron chi connectivity index (χ0n) is 9.79. The van der Waals surface area contributed by atoms with E-state index < -0.39 is 0 Å². The van der Waals surface area contributed by atoms with Gasteiger partial charge in [-0.05, 0) is 25.5 Å². The Bertz CT molecular complexity index is 287. The van der Waals surface area contributed by atoms with Gasteiger partial charge in [0.05, 0.1) is 6.61 Å². The lowest BCUT2D eigenvalue weighted by atomic mass is 10.1. The van der Waals surface area contributed by atoms with Gasteiger partial charge in [-0.3, -0.25) is 0 Å². The lowest BCUT2D eigenvalue weighted by Crippen LogP contribution is -2.09. The number of nitrogens with zero attached hydrogens (tertiary/aromatic N) is 1. The van der Waals surface area contributed by atoms with Crippen LogP contribution in [0.4, 0.5) is 0 Å². The van der Waals surface area contributed by atoms with Crippen molar-refractivity contribution in [2.75, 3.05) is 13.7 Å². The Hall–Kier alpha value is -1.09. The van der Waals surface area contributed by atoms with Crippen molar-refractivity contribution in [3.63, 3.8) is 0 Å². The second kappa shape index (κ2) is 6.40. The van der Waals surface area contributed by atoms with E-state index in [4.69, 9.17) is 4.74 Å². The number of hydrogen-bond acceptors (Lipinski definition) is 3. The molecular weight excluding hydrogens is 188 g/mol. The van der Waals surface area contributed by atoms with Gasteiger partial charge in [0.2, 0.25) is 5.88 Å². The Balaban J connectivity index is 2.51. The van der Waals surface area contributed by atoms with Crippen LogP contribution in [0.1, 0.15) is 25.8 Å². The molecule has 1 heterocycles. The molecule has 0 atom stereocenters. The van der Waals surface area contributed by atoms with Crippen molar-refractivity contribution in [3.05, 3.63) is 23.9 Å². The molecule has 1 rings (SSSR count). The summed E-state index contributed by atoms with van der Waals surface area (Å²) < 4.78 is 5.65. The summed E-state index contributed by atoms with van der Waals surface area (Å²) in [6.45, 7) is 5.92. The van der Waals surface area contributed by atoms with E-state index >= 15 is 0 Å². The zero-order chi connectivity index (χ0) is 11.1. The molecule has 0 aliphatic rings. The Morgan fingerprint density at radius 3 is 2.93 bits per heavy atom. The Morgan fingerprint density at radius 2 is 2.27 bits per heavy atom. The lowest BCUT2D eigenvalue weighted by molar-refractivity contribution is 0.276. The van der Waals surface area contributed by atoms with Gasteiger partial charge < -0.3 is 10.1 Å². The molecule has 15 heavy (non-hydrogen) atoms. The first-order valence-electron chi connectivity index (χ1n) is 5.45. The average Bonchev–Trinajstić information content (AvgIpc) is 2.20. The molecule has 0 saturated carbocycles. The van der Waals surface area contributed by atoms with Gasteiger partial charge in [-0.25, -0.2) is 4.98 Å². The minimum absolute atomic E-state index is 0.668. The van der Waals surface area contributed by atoms with Gasteiger partial charge in [0.15, 0.2) is 0 Å². The predicted molar refractivity (Wildman–Crippen MR) is 62.0 cm³/mol. The minimum Gasteiger partial charge on any atom is -0.477 e. The number of nitrogens with one attached hydrogen (secondary N) is 1. The highest BCUT2D eigenvalue weighted by molar-refractivity contribution is 5.25. The number of hydrogen-bond donors (Lipinski definition) is 1. The third kappa shape index (κ3) is 4.30. The second-order valence-corrected chi connectivity index (χ2v) is 4.03. The van der Waals surface area contributed by atoms with Crippen molar-refractivity contribution in [1.82, 2.24) is 10.3 Å². The van der Waals surface area contributed by atoms with Crippen LogP contribution in [0.5, 0.6) is 5.88 Å². The molecule has 0 radical (unpaired) electrons. The largest absolute Gasteiger partial charge is 0.477 e. The second-order valence-electron chi connectivity index (χ2n) is 4.03. The van der Waals surface area contributed by atoms with Crippen molar-refractivity contribution < 1.29 is 4.74 Å². The molecule has 0 amide bonds. The molecule has 0 saturated heterocycles. The summed E-state index contributed by atoms with van der Waals surface area (Å²) in [6.07, 6.45) is 2.83. The molecule has 1 N–H and O–H groups in total. The first-order chi connectivity index (χ1) is 7.24. The highest BCUT2D eigenvalue weighted by Gasteiger charge is 2.03. The van der Waals surface area contributed by atoms with Gasteiger partial charge in [-0.15, -0.1) is 0 Å². The van der Waals surface area contributed by atoms with Crippen molar-refractivity contribution in [2.24, 2.45) is 5.92 Å². The first kappa shape index (κ1) is 12.0.